The van der Waals surface area contributed by atoms with Crippen LogP contribution in [0.5, 0.6) is 0 Å². The molecule has 0 aliphatic rings. The Kier molecular flexibility index (Phi) is 3.60. The van der Waals surface area contributed by atoms with E-state index in [1.807, 2.05) is 6.92 Å². The van der Waals surface area contributed by atoms with E-state index >= 15 is 0 Å². The summed E-state index contributed by atoms with van der Waals surface area (Å²) in [5.74, 6) is -0.295. The molecule has 70 valence electrons. The molecule has 0 saturated heterocycles. The highest BCUT2D eigenvalue weighted by atomic mass is 79.9. The molecule has 0 heterocycles. The molecule has 1 unspecified atom stereocenters. The number of hydrogen-bond acceptors (Lipinski definition) is 1. The molecular formula is C10H10BrFO. The standard InChI is InChI=1S/C10H10BrFO/c1-7(6-13)4-8-2-3-9(12)5-10(8)11/h2-3,5-7H,4H2,1H3. The lowest BCUT2D eigenvalue weighted by Crippen LogP contribution is -2.01. The van der Waals surface area contributed by atoms with Crippen LogP contribution >= 0.6 is 15.9 Å². The number of carbonyl (C=O) groups is 1. The fraction of sp³-hybridized carbons (Fsp3) is 0.300. The van der Waals surface area contributed by atoms with Crippen LogP contribution in [-0.2, 0) is 11.2 Å². The monoisotopic (exact) mass is 244 g/mol. The molecule has 0 bridgehead atoms. The van der Waals surface area contributed by atoms with E-state index in [-0.39, 0.29) is 11.7 Å². The molecule has 0 aliphatic heterocycles. The second-order valence-electron chi connectivity index (χ2n) is 3.05. The average molecular weight is 245 g/mol. The highest BCUT2D eigenvalue weighted by molar-refractivity contribution is 9.10. The highest BCUT2D eigenvalue weighted by Gasteiger charge is 2.05. The van der Waals surface area contributed by atoms with Gasteiger partial charge < -0.3 is 4.79 Å². The number of carbonyl (C=O) groups excluding carboxylic acids is 1. The molecule has 0 fully saturated rings. The number of rotatable bonds is 3. The molecule has 0 aromatic heterocycles. The fourth-order valence-electron chi connectivity index (χ4n) is 1.08. The van der Waals surface area contributed by atoms with Crippen LogP contribution in [0.15, 0.2) is 22.7 Å². The SMILES string of the molecule is CC(C=O)Cc1ccc(F)cc1Br. The Bertz CT molecular complexity index is 312. The minimum Gasteiger partial charge on any atom is -0.303 e. The molecule has 3 heteroatoms. The maximum Gasteiger partial charge on any atom is 0.124 e. The van der Waals surface area contributed by atoms with Crippen molar-refractivity contribution in [2.45, 2.75) is 13.3 Å². The highest BCUT2D eigenvalue weighted by Crippen LogP contribution is 2.20. The molecule has 0 radical (unpaired) electrons. The maximum absolute atomic E-state index is 12.7. The van der Waals surface area contributed by atoms with Crippen LogP contribution in [0.4, 0.5) is 4.39 Å². The van der Waals surface area contributed by atoms with E-state index in [2.05, 4.69) is 15.9 Å². The lowest BCUT2D eigenvalue weighted by molar-refractivity contribution is -0.110. The second kappa shape index (κ2) is 4.51. The third kappa shape index (κ3) is 2.92. The van der Waals surface area contributed by atoms with Gasteiger partial charge in [0.1, 0.15) is 12.1 Å². The maximum atomic E-state index is 12.7. The summed E-state index contributed by atoms with van der Waals surface area (Å²) in [4.78, 5) is 10.4. The second-order valence-corrected chi connectivity index (χ2v) is 3.91. The number of benzene rings is 1. The van der Waals surface area contributed by atoms with Gasteiger partial charge in [0.05, 0.1) is 0 Å². The lowest BCUT2D eigenvalue weighted by Gasteiger charge is -2.05. The molecule has 0 spiro atoms. The summed E-state index contributed by atoms with van der Waals surface area (Å²) in [7, 11) is 0. The van der Waals surface area contributed by atoms with Crippen molar-refractivity contribution in [1.29, 1.82) is 0 Å². The molecule has 0 amide bonds. The summed E-state index contributed by atoms with van der Waals surface area (Å²) >= 11 is 3.25. The van der Waals surface area contributed by atoms with Gasteiger partial charge in [0.15, 0.2) is 0 Å². The Morgan fingerprint density at radius 3 is 2.85 bits per heavy atom. The van der Waals surface area contributed by atoms with Crippen LogP contribution < -0.4 is 0 Å². The van der Waals surface area contributed by atoms with Gasteiger partial charge in [-0.15, -0.1) is 0 Å². The van der Waals surface area contributed by atoms with E-state index in [0.717, 1.165) is 16.3 Å². The van der Waals surface area contributed by atoms with Gasteiger partial charge in [-0.25, -0.2) is 4.39 Å². The third-order valence-electron chi connectivity index (χ3n) is 1.79. The predicted octanol–water partition coefficient (Wildman–Crippen LogP) is 2.97. The van der Waals surface area contributed by atoms with Gasteiger partial charge >= 0.3 is 0 Å². The zero-order valence-electron chi connectivity index (χ0n) is 7.26. The molecule has 1 atom stereocenters. The van der Waals surface area contributed by atoms with Crippen LogP contribution in [0, 0.1) is 11.7 Å². The predicted molar refractivity (Wildman–Crippen MR) is 53.0 cm³/mol. The number of halogens is 2. The largest absolute Gasteiger partial charge is 0.303 e. The first-order valence-corrected chi connectivity index (χ1v) is 4.82. The Morgan fingerprint density at radius 2 is 2.31 bits per heavy atom. The van der Waals surface area contributed by atoms with E-state index in [4.69, 9.17) is 0 Å². The Balaban J connectivity index is 2.83. The lowest BCUT2D eigenvalue weighted by atomic mass is 10.0. The van der Waals surface area contributed by atoms with Crippen molar-refractivity contribution in [1.82, 2.24) is 0 Å². The molecular weight excluding hydrogens is 235 g/mol. The molecule has 0 N–H and O–H groups in total. The molecule has 1 nitrogen and oxygen atoms in total. The summed E-state index contributed by atoms with van der Waals surface area (Å²) < 4.78 is 13.4. The van der Waals surface area contributed by atoms with Crippen molar-refractivity contribution in [3.63, 3.8) is 0 Å². The zero-order chi connectivity index (χ0) is 9.84. The van der Waals surface area contributed by atoms with E-state index in [1.54, 1.807) is 6.07 Å². The molecule has 0 aliphatic carbocycles. The Labute approximate surface area is 85.1 Å². The van der Waals surface area contributed by atoms with Crippen molar-refractivity contribution in [2.75, 3.05) is 0 Å². The first-order chi connectivity index (χ1) is 6.13. The van der Waals surface area contributed by atoms with Gasteiger partial charge in [-0.1, -0.05) is 28.9 Å². The minimum atomic E-state index is -0.269. The van der Waals surface area contributed by atoms with Crippen LogP contribution in [0.25, 0.3) is 0 Å². The van der Waals surface area contributed by atoms with Crippen molar-refractivity contribution >= 4 is 22.2 Å². The van der Waals surface area contributed by atoms with E-state index in [0.29, 0.717) is 6.42 Å². The number of aldehydes is 1. The minimum absolute atomic E-state index is 0.0261. The van der Waals surface area contributed by atoms with Crippen molar-refractivity contribution < 1.29 is 9.18 Å². The molecule has 1 aromatic rings. The quantitative estimate of drug-likeness (QED) is 0.748. The van der Waals surface area contributed by atoms with Gasteiger partial charge in [0.2, 0.25) is 0 Å². The fourth-order valence-corrected chi connectivity index (χ4v) is 1.59. The van der Waals surface area contributed by atoms with Crippen LogP contribution in [0.3, 0.4) is 0 Å². The zero-order valence-corrected chi connectivity index (χ0v) is 8.84. The van der Waals surface area contributed by atoms with E-state index in [1.165, 1.54) is 12.1 Å². The summed E-state index contributed by atoms with van der Waals surface area (Å²) in [5, 5.41) is 0. The van der Waals surface area contributed by atoms with Crippen LogP contribution in [-0.4, -0.2) is 6.29 Å². The molecule has 1 aromatic carbocycles. The normalized spacial score (nSPS) is 12.5. The molecule has 13 heavy (non-hydrogen) atoms. The average Bonchev–Trinajstić information content (AvgIpc) is 2.09. The smallest absolute Gasteiger partial charge is 0.124 e. The Morgan fingerprint density at radius 1 is 1.62 bits per heavy atom. The van der Waals surface area contributed by atoms with Crippen molar-refractivity contribution in [3.05, 3.63) is 34.1 Å². The van der Waals surface area contributed by atoms with Crippen LogP contribution in [0.2, 0.25) is 0 Å². The summed E-state index contributed by atoms with van der Waals surface area (Å²) in [6, 6.07) is 4.50. The summed E-state index contributed by atoms with van der Waals surface area (Å²) in [6.07, 6.45) is 1.54. The first kappa shape index (κ1) is 10.4. The van der Waals surface area contributed by atoms with E-state index in [9.17, 15) is 9.18 Å². The summed E-state index contributed by atoms with van der Waals surface area (Å²) in [6.45, 7) is 1.84. The summed E-state index contributed by atoms with van der Waals surface area (Å²) in [5.41, 5.74) is 0.959. The van der Waals surface area contributed by atoms with Gasteiger partial charge in [-0.3, -0.25) is 0 Å². The van der Waals surface area contributed by atoms with Crippen molar-refractivity contribution in [2.24, 2.45) is 5.92 Å². The topological polar surface area (TPSA) is 17.1 Å². The van der Waals surface area contributed by atoms with Crippen LogP contribution in [0.1, 0.15) is 12.5 Å². The molecule has 0 saturated carbocycles. The van der Waals surface area contributed by atoms with Gasteiger partial charge in [-0.2, -0.15) is 0 Å². The molecule has 1 rings (SSSR count). The first-order valence-electron chi connectivity index (χ1n) is 4.02. The van der Waals surface area contributed by atoms with Gasteiger partial charge in [0, 0.05) is 10.4 Å². The van der Waals surface area contributed by atoms with Crippen molar-refractivity contribution in [3.8, 4) is 0 Å². The Hall–Kier alpha value is -0.700. The van der Waals surface area contributed by atoms with Gasteiger partial charge in [0.25, 0.3) is 0 Å². The van der Waals surface area contributed by atoms with Gasteiger partial charge in [-0.05, 0) is 24.1 Å². The van der Waals surface area contributed by atoms with E-state index < -0.39 is 0 Å². The third-order valence-corrected chi connectivity index (χ3v) is 2.53. The number of hydrogen-bond donors (Lipinski definition) is 0.